The Balaban J connectivity index is 2.00. The SMILES string of the molecule is O=S1(=O)CCC(O)(C2NCCc3ccccc32)C1. The molecule has 2 atom stereocenters. The minimum absolute atomic E-state index is 0.0871. The van der Waals surface area contributed by atoms with Gasteiger partial charge in [0.2, 0.25) is 0 Å². The van der Waals surface area contributed by atoms with E-state index in [-0.39, 0.29) is 17.5 Å². The lowest BCUT2D eigenvalue weighted by Gasteiger charge is -2.37. The molecule has 1 fully saturated rings. The first-order chi connectivity index (χ1) is 8.50. The van der Waals surface area contributed by atoms with Gasteiger partial charge in [0.1, 0.15) is 0 Å². The Morgan fingerprint density at radius 3 is 2.83 bits per heavy atom. The normalized spacial score (nSPS) is 34.2. The van der Waals surface area contributed by atoms with Crippen LogP contribution in [0.5, 0.6) is 0 Å². The summed E-state index contributed by atoms with van der Waals surface area (Å²) in [5.74, 6) is -0.0458. The summed E-state index contributed by atoms with van der Waals surface area (Å²) < 4.78 is 23.2. The number of aliphatic hydroxyl groups is 1. The summed E-state index contributed by atoms with van der Waals surface area (Å²) in [5.41, 5.74) is 1.09. The molecule has 1 saturated heterocycles. The molecule has 0 saturated carbocycles. The molecule has 4 nitrogen and oxygen atoms in total. The molecule has 3 rings (SSSR count). The van der Waals surface area contributed by atoms with Gasteiger partial charge in [-0.3, -0.25) is 0 Å². The fourth-order valence-corrected chi connectivity index (χ4v) is 4.95. The summed E-state index contributed by atoms with van der Waals surface area (Å²) in [5, 5.41) is 13.9. The van der Waals surface area contributed by atoms with Crippen LogP contribution >= 0.6 is 0 Å². The van der Waals surface area contributed by atoms with Crippen molar-refractivity contribution in [3.8, 4) is 0 Å². The first-order valence-electron chi connectivity index (χ1n) is 6.24. The lowest BCUT2D eigenvalue weighted by atomic mass is 9.83. The maximum Gasteiger partial charge on any atom is 0.153 e. The van der Waals surface area contributed by atoms with Crippen LogP contribution in [0, 0.1) is 0 Å². The van der Waals surface area contributed by atoms with E-state index in [9.17, 15) is 13.5 Å². The number of nitrogens with one attached hydrogen (secondary N) is 1. The van der Waals surface area contributed by atoms with Gasteiger partial charge in [0.25, 0.3) is 0 Å². The third-order valence-electron chi connectivity index (χ3n) is 3.96. The second-order valence-corrected chi connectivity index (χ2v) is 7.47. The third-order valence-corrected chi connectivity index (χ3v) is 5.73. The lowest BCUT2D eigenvalue weighted by molar-refractivity contribution is 0.0233. The predicted molar refractivity (Wildman–Crippen MR) is 69.1 cm³/mol. The van der Waals surface area contributed by atoms with E-state index in [1.165, 1.54) is 5.56 Å². The van der Waals surface area contributed by atoms with Crippen LogP contribution in [0.2, 0.25) is 0 Å². The molecular formula is C13H17NO3S. The first-order valence-corrected chi connectivity index (χ1v) is 8.06. The summed E-state index contributed by atoms with van der Waals surface area (Å²) >= 11 is 0. The molecule has 5 heteroatoms. The molecule has 2 aliphatic rings. The Labute approximate surface area is 107 Å². The molecule has 0 spiro atoms. The van der Waals surface area contributed by atoms with Gasteiger partial charge in [-0.25, -0.2) is 8.42 Å². The monoisotopic (exact) mass is 267 g/mol. The number of fused-ring (bicyclic) bond motifs is 1. The fraction of sp³-hybridized carbons (Fsp3) is 0.538. The van der Waals surface area contributed by atoms with Crippen molar-refractivity contribution in [3.05, 3.63) is 35.4 Å². The van der Waals surface area contributed by atoms with Gasteiger partial charge < -0.3 is 10.4 Å². The zero-order valence-corrected chi connectivity index (χ0v) is 10.9. The number of rotatable bonds is 1. The Bertz CT molecular complexity index is 569. The van der Waals surface area contributed by atoms with Crippen molar-refractivity contribution in [2.75, 3.05) is 18.1 Å². The quantitative estimate of drug-likeness (QED) is 0.774. The molecule has 0 aliphatic carbocycles. The molecule has 2 unspecified atom stereocenters. The summed E-state index contributed by atoms with van der Waals surface area (Å²) in [6.45, 7) is 0.782. The zero-order chi connectivity index (χ0) is 12.8. The van der Waals surface area contributed by atoms with Crippen LogP contribution in [0.3, 0.4) is 0 Å². The highest BCUT2D eigenvalue weighted by molar-refractivity contribution is 7.91. The summed E-state index contributed by atoms with van der Waals surface area (Å²) in [7, 11) is -3.10. The molecule has 0 aromatic heterocycles. The molecular weight excluding hydrogens is 250 g/mol. The van der Waals surface area contributed by atoms with Crippen molar-refractivity contribution in [3.63, 3.8) is 0 Å². The van der Waals surface area contributed by atoms with Crippen molar-refractivity contribution >= 4 is 9.84 Å². The summed E-state index contributed by atoms with van der Waals surface area (Å²) in [6, 6.07) is 7.69. The van der Waals surface area contributed by atoms with Crippen LogP contribution < -0.4 is 5.32 Å². The largest absolute Gasteiger partial charge is 0.387 e. The predicted octanol–water partition coefficient (Wildman–Crippen LogP) is 0.423. The molecule has 0 bridgehead atoms. The number of benzene rings is 1. The Morgan fingerprint density at radius 1 is 1.33 bits per heavy atom. The molecule has 2 aliphatic heterocycles. The van der Waals surface area contributed by atoms with Gasteiger partial charge in [-0.05, 0) is 30.5 Å². The van der Waals surface area contributed by atoms with Crippen LogP contribution in [0.15, 0.2) is 24.3 Å². The average Bonchev–Trinajstić information content (AvgIpc) is 2.64. The highest BCUT2D eigenvalue weighted by atomic mass is 32.2. The molecule has 98 valence electrons. The molecule has 2 N–H and O–H groups in total. The van der Waals surface area contributed by atoms with Gasteiger partial charge in [-0.2, -0.15) is 0 Å². The van der Waals surface area contributed by atoms with Crippen molar-refractivity contribution in [2.24, 2.45) is 0 Å². The van der Waals surface area contributed by atoms with E-state index >= 15 is 0 Å². The van der Waals surface area contributed by atoms with Crippen molar-refractivity contribution in [1.82, 2.24) is 5.32 Å². The third kappa shape index (κ3) is 1.96. The Hall–Kier alpha value is -0.910. The minimum atomic E-state index is -3.10. The van der Waals surface area contributed by atoms with Gasteiger partial charge in [-0.15, -0.1) is 0 Å². The highest BCUT2D eigenvalue weighted by Crippen LogP contribution is 2.38. The second kappa shape index (κ2) is 4.05. The van der Waals surface area contributed by atoms with E-state index in [1.54, 1.807) is 0 Å². The maximum atomic E-state index is 11.6. The Morgan fingerprint density at radius 2 is 2.11 bits per heavy atom. The van der Waals surface area contributed by atoms with E-state index in [1.807, 2.05) is 18.2 Å². The van der Waals surface area contributed by atoms with Gasteiger partial charge in [0, 0.05) is 0 Å². The van der Waals surface area contributed by atoms with E-state index in [0.29, 0.717) is 6.42 Å². The van der Waals surface area contributed by atoms with E-state index in [0.717, 1.165) is 18.5 Å². The molecule has 0 radical (unpaired) electrons. The fourth-order valence-electron chi connectivity index (χ4n) is 3.07. The van der Waals surface area contributed by atoms with Gasteiger partial charge >= 0.3 is 0 Å². The number of sulfone groups is 1. The molecule has 2 heterocycles. The van der Waals surface area contributed by atoms with Gasteiger partial charge in [0.05, 0.1) is 23.1 Å². The summed E-state index contributed by atoms with van der Waals surface area (Å²) in [4.78, 5) is 0. The van der Waals surface area contributed by atoms with Crippen molar-refractivity contribution in [1.29, 1.82) is 0 Å². The van der Waals surface area contributed by atoms with E-state index in [2.05, 4.69) is 11.4 Å². The van der Waals surface area contributed by atoms with Crippen LogP contribution in [0.25, 0.3) is 0 Å². The van der Waals surface area contributed by atoms with Crippen molar-refractivity contribution < 1.29 is 13.5 Å². The molecule has 0 amide bonds. The van der Waals surface area contributed by atoms with E-state index < -0.39 is 15.4 Å². The topological polar surface area (TPSA) is 66.4 Å². The smallest absolute Gasteiger partial charge is 0.153 e. The van der Waals surface area contributed by atoms with E-state index in [4.69, 9.17) is 0 Å². The minimum Gasteiger partial charge on any atom is -0.387 e. The number of hydrogen-bond acceptors (Lipinski definition) is 4. The van der Waals surface area contributed by atoms with Crippen molar-refractivity contribution in [2.45, 2.75) is 24.5 Å². The maximum absolute atomic E-state index is 11.6. The van der Waals surface area contributed by atoms with Gasteiger partial charge in [0.15, 0.2) is 9.84 Å². The molecule has 18 heavy (non-hydrogen) atoms. The standard InChI is InChI=1S/C13H17NO3S/c15-13(6-8-18(16,17)9-13)12-11-4-2-1-3-10(11)5-7-14-12/h1-4,12,14-15H,5-9H2. The second-order valence-electron chi connectivity index (χ2n) is 5.28. The number of hydrogen-bond donors (Lipinski definition) is 2. The first kappa shape index (κ1) is 12.1. The summed E-state index contributed by atoms with van der Waals surface area (Å²) in [6.07, 6.45) is 1.25. The lowest BCUT2D eigenvalue weighted by Crippen LogP contribution is -2.48. The van der Waals surface area contributed by atoms with Crippen LogP contribution in [0.4, 0.5) is 0 Å². The molecule has 1 aromatic rings. The molecule has 1 aromatic carbocycles. The highest BCUT2D eigenvalue weighted by Gasteiger charge is 2.47. The average molecular weight is 267 g/mol. The zero-order valence-electron chi connectivity index (χ0n) is 10.1. The Kier molecular flexibility index (Phi) is 2.73. The van der Waals surface area contributed by atoms with Crippen LogP contribution in [-0.2, 0) is 16.3 Å². The van der Waals surface area contributed by atoms with Crippen LogP contribution in [-0.4, -0.2) is 37.2 Å². The van der Waals surface area contributed by atoms with Crippen LogP contribution in [0.1, 0.15) is 23.6 Å². The van der Waals surface area contributed by atoms with Gasteiger partial charge in [-0.1, -0.05) is 24.3 Å².